The van der Waals surface area contributed by atoms with E-state index in [4.69, 9.17) is 0 Å². The maximum absolute atomic E-state index is 11.9. The summed E-state index contributed by atoms with van der Waals surface area (Å²) in [4.78, 5) is 23.8. The van der Waals surface area contributed by atoms with Crippen LogP contribution in [-0.4, -0.2) is 34.9 Å². The Morgan fingerprint density at radius 3 is 2.32 bits per heavy atom. The van der Waals surface area contributed by atoms with E-state index in [0.717, 1.165) is 10.9 Å². The van der Waals surface area contributed by atoms with Gasteiger partial charge in [-0.1, -0.05) is 0 Å². The minimum Gasteiger partial charge on any atom is -0.324 e. The highest BCUT2D eigenvalue weighted by molar-refractivity contribution is 7.90. The third kappa shape index (κ3) is 3.42. The summed E-state index contributed by atoms with van der Waals surface area (Å²) in [5.74, 6) is 0.0858. The maximum atomic E-state index is 11.9. The number of benzene rings is 1. The Bertz CT molecular complexity index is 862. The molecule has 2 rings (SSSR count). The number of carbonyl (C=O) groups is 1. The third-order valence-electron chi connectivity index (χ3n) is 3.12. The Hall–Kier alpha value is -2.42. The fourth-order valence-electron chi connectivity index (χ4n) is 1.82. The number of aryl methyl sites for hydroxylation is 1. The zero-order valence-electron chi connectivity index (χ0n) is 12.4. The van der Waals surface area contributed by atoms with E-state index >= 15 is 0 Å². The van der Waals surface area contributed by atoms with Crippen molar-refractivity contribution in [2.24, 2.45) is 7.05 Å². The lowest BCUT2D eigenvalue weighted by Crippen LogP contribution is -2.29. The topological polar surface area (TPSA) is 103 Å². The van der Waals surface area contributed by atoms with Crippen LogP contribution in [0.2, 0.25) is 0 Å². The van der Waals surface area contributed by atoms with Crippen molar-refractivity contribution in [2.45, 2.75) is 18.4 Å². The smallest absolute Gasteiger partial charge is 0.324 e. The van der Waals surface area contributed by atoms with Gasteiger partial charge in [-0.25, -0.2) is 17.9 Å². The predicted molar refractivity (Wildman–Crippen MR) is 80.4 cm³/mol. The van der Waals surface area contributed by atoms with Crippen molar-refractivity contribution in [3.05, 3.63) is 40.6 Å². The fraction of sp³-hybridized carbons (Fsp3) is 0.308. The first-order valence-electron chi connectivity index (χ1n) is 6.39. The molecule has 1 aromatic heterocycles. The maximum Gasteiger partial charge on any atom is 0.346 e. The zero-order chi connectivity index (χ0) is 16.5. The van der Waals surface area contributed by atoms with Gasteiger partial charge in [-0.05, 0) is 31.2 Å². The molecule has 0 spiro atoms. The average Bonchev–Trinajstić information content (AvgIpc) is 2.66. The van der Waals surface area contributed by atoms with Crippen LogP contribution < -0.4 is 11.0 Å². The summed E-state index contributed by atoms with van der Waals surface area (Å²) in [6.45, 7) is 1.45. The standard InChI is InChI=1S/C13H16N4O4S/c1-9-15-17(13(19)16(9)2)8-12(18)14-10-4-6-11(7-5-10)22(3,20)21/h4-7H,8H2,1-3H3,(H,14,18). The molecule has 0 fully saturated rings. The van der Waals surface area contributed by atoms with Gasteiger partial charge >= 0.3 is 5.69 Å². The van der Waals surface area contributed by atoms with Crippen LogP contribution in [0.1, 0.15) is 5.82 Å². The van der Waals surface area contributed by atoms with Crippen LogP contribution in [0.5, 0.6) is 0 Å². The largest absolute Gasteiger partial charge is 0.346 e. The van der Waals surface area contributed by atoms with Gasteiger partial charge in [0.15, 0.2) is 9.84 Å². The molecule has 1 heterocycles. The Balaban J connectivity index is 2.09. The molecule has 1 aromatic carbocycles. The monoisotopic (exact) mass is 324 g/mol. The van der Waals surface area contributed by atoms with Crippen molar-refractivity contribution >= 4 is 21.4 Å². The van der Waals surface area contributed by atoms with Crippen molar-refractivity contribution < 1.29 is 13.2 Å². The number of amides is 1. The summed E-state index contributed by atoms with van der Waals surface area (Å²) in [5, 5.41) is 6.55. The second-order valence-corrected chi connectivity index (χ2v) is 6.91. The first-order chi connectivity index (χ1) is 10.2. The molecule has 22 heavy (non-hydrogen) atoms. The molecule has 0 bridgehead atoms. The van der Waals surface area contributed by atoms with E-state index < -0.39 is 15.7 Å². The van der Waals surface area contributed by atoms with Gasteiger partial charge in [0.1, 0.15) is 12.4 Å². The van der Waals surface area contributed by atoms with Gasteiger partial charge in [0.05, 0.1) is 4.90 Å². The molecule has 1 N–H and O–H groups in total. The molecular formula is C13H16N4O4S. The normalized spacial score (nSPS) is 11.4. The van der Waals surface area contributed by atoms with Crippen LogP contribution in [0.15, 0.2) is 34.0 Å². The minimum atomic E-state index is -3.28. The van der Waals surface area contributed by atoms with Gasteiger partial charge in [0, 0.05) is 19.0 Å². The molecule has 9 heteroatoms. The van der Waals surface area contributed by atoms with Crippen LogP contribution in [0, 0.1) is 6.92 Å². The molecule has 0 saturated heterocycles. The lowest BCUT2D eigenvalue weighted by atomic mass is 10.3. The number of anilines is 1. The summed E-state index contributed by atoms with van der Waals surface area (Å²) < 4.78 is 25.1. The van der Waals surface area contributed by atoms with E-state index in [1.54, 1.807) is 14.0 Å². The number of carbonyl (C=O) groups excluding carboxylic acids is 1. The molecule has 0 aliphatic carbocycles. The first-order valence-corrected chi connectivity index (χ1v) is 8.28. The van der Waals surface area contributed by atoms with E-state index in [1.807, 2.05) is 0 Å². The lowest BCUT2D eigenvalue weighted by Gasteiger charge is -2.05. The molecule has 1 amide bonds. The van der Waals surface area contributed by atoms with E-state index in [1.165, 1.54) is 28.8 Å². The summed E-state index contributed by atoms with van der Waals surface area (Å²) >= 11 is 0. The number of rotatable bonds is 4. The van der Waals surface area contributed by atoms with E-state index in [2.05, 4.69) is 10.4 Å². The second kappa shape index (κ2) is 5.76. The molecule has 2 aromatic rings. The fourth-order valence-corrected chi connectivity index (χ4v) is 2.45. The Kier molecular flexibility index (Phi) is 4.18. The van der Waals surface area contributed by atoms with E-state index in [9.17, 15) is 18.0 Å². The van der Waals surface area contributed by atoms with Gasteiger partial charge in [0.25, 0.3) is 0 Å². The highest BCUT2D eigenvalue weighted by Crippen LogP contribution is 2.13. The van der Waals surface area contributed by atoms with Crippen molar-refractivity contribution in [3.63, 3.8) is 0 Å². The molecule has 0 radical (unpaired) electrons. The van der Waals surface area contributed by atoms with Gasteiger partial charge in [0.2, 0.25) is 5.91 Å². The number of nitrogens with one attached hydrogen (secondary N) is 1. The number of nitrogens with zero attached hydrogens (tertiary/aromatic N) is 3. The van der Waals surface area contributed by atoms with Crippen LogP contribution >= 0.6 is 0 Å². The zero-order valence-corrected chi connectivity index (χ0v) is 13.2. The number of sulfone groups is 1. The summed E-state index contributed by atoms with van der Waals surface area (Å²) in [6.07, 6.45) is 1.11. The molecule has 0 aliphatic rings. The van der Waals surface area contributed by atoms with Crippen molar-refractivity contribution in [1.82, 2.24) is 14.3 Å². The molecule has 0 saturated carbocycles. The first kappa shape index (κ1) is 16.0. The van der Waals surface area contributed by atoms with Crippen molar-refractivity contribution in [3.8, 4) is 0 Å². The summed E-state index contributed by atoms with van der Waals surface area (Å²) in [5.41, 5.74) is 0.0678. The quantitative estimate of drug-likeness (QED) is 0.848. The Morgan fingerprint density at radius 2 is 1.86 bits per heavy atom. The Morgan fingerprint density at radius 1 is 1.27 bits per heavy atom. The predicted octanol–water partition coefficient (Wildman–Crippen LogP) is -0.0676. The number of aromatic nitrogens is 3. The molecule has 0 unspecified atom stereocenters. The highest BCUT2D eigenvalue weighted by atomic mass is 32.2. The van der Waals surface area contributed by atoms with Crippen LogP contribution in [-0.2, 0) is 28.2 Å². The van der Waals surface area contributed by atoms with E-state index in [-0.39, 0.29) is 17.1 Å². The number of hydrogen-bond acceptors (Lipinski definition) is 5. The highest BCUT2D eigenvalue weighted by Gasteiger charge is 2.11. The SMILES string of the molecule is Cc1nn(CC(=O)Nc2ccc(S(C)(=O)=O)cc2)c(=O)n1C. The summed E-state index contributed by atoms with van der Waals surface area (Å²) in [7, 11) is -1.70. The molecule has 0 atom stereocenters. The van der Waals surface area contributed by atoms with Gasteiger partial charge < -0.3 is 5.32 Å². The molecular weight excluding hydrogens is 308 g/mol. The van der Waals surface area contributed by atoms with E-state index in [0.29, 0.717) is 11.5 Å². The molecule has 8 nitrogen and oxygen atoms in total. The minimum absolute atomic E-state index is 0.169. The van der Waals surface area contributed by atoms with Gasteiger partial charge in [-0.3, -0.25) is 9.36 Å². The average molecular weight is 324 g/mol. The number of hydrogen-bond donors (Lipinski definition) is 1. The molecule has 0 aliphatic heterocycles. The van der Waals surface area contributed by atoms with Crippen LogP contribution in [0.3, 0.4) is 0 Å². The van der Waals surface area contributed by atoms with Crippen molar-refractivity contribution in [2.75, 3.05) is 11.6 Å². The second-order valence-electron chi connectivity index (χ2n) is 4.89. The Labute approximate surface area is 127 Å². The van der Waals surface area contributed by atoms with Crippen LogP contribution in [0.25, 0.3) is 0 Å². The van der Waals surface area contributed by atoms with Crippen LogP contribution in [0.4, 0.5) is 5.69 Å². The van der Waals surface area contributed by atoms with Gasteiger partial charge in [-0.2, -0.15) is 5.10 Å². The van der Waals surface area contributed by atoms with Gasteiger partial charge in [-0.15, -0.1) is 0 Å². The van der Waals surface area contributed by atoms with Crippen molar-refractivity contribution in [1.29, 1.82) is 0 Å². The molecule has 118 valence electrons. The lowest BCUT2D eigenvalue weighted by molar-refractivity contribution is -0.117. The summed E-state index contributed by atoms with van der Waals surface area (Å²) in [6, 6.07) is 5.78. The third-order valence-corrected chi connectivity index (χ3v) is 4.25.